The van der Waals surface area contributed by atoms with Gasteiger partial charge in [0.05, 0.1) is 5.57 Å². The standard InChI is InChI=1S/C20H16Cl2N4O2/c1-12-17(19(27)28-10-13-5-3-2-4-6-13)18(26-20(25-12)23-11-24-26)15-8-7-14(21)9-16(15)22/h2-9,11,18H,10H2,1H3,(H,23,24,25). The summed E-state index contributed by atoms with van der Waals surface area (Å²) < 4.78 is 7.19. The molecule has 2 aromatic carbocycles. The Morgan fingerprint density at radius 2 is 2.00 bits per heavy atom. The number of hydrogen-bond donors (Lipinski definition) is 1. The van der Waals surface area contributed by atoms with E-state index in [2.05, 4.69) is 15.4 Å². The highest BCUT2D eigenvalue weighted by atomic mass is 35.5. The van der Waals surface area contributed by atoms with E-state index < -0.39 is 12.0 Å². The van der Waals surface area contributed by atoms with E-state index in [0.717, 1.165) is 5.56 Å². The summed E-state index contributed by atoms with van der Waals surface area (Å²) in [7, 11) is 0. The number of ether oxygens (including phenoxy) is 1. The van der Waals surface area contributed by atoms with E-state index in [0.29, 0.717) is 32.8 Å². The van der Waals surface area contributed by atoms with Gasteiger partial charge in [-0.3, -0.25) is 0 Å². The lowest BCUT2D eigenvalue weighted by molar-refractivity contribution is -0.140. The van der Waals surface area contributed by atoms with Gasteiger partial charge in [-0.15, -0.1) is 0 Å². The molecule has 4 rings (SSSR count). The molecule has 0 spiro atoms. The fourth-order valence-corrected chi connectivity index (χ4v) is 3.68. The van der Waals surface area contributed by atoms with Crippen molar-refractivity contribution in [3.8, 4) is 0 Å². The predicted octanol–water partition coefficient (Wildman–Crippen LogP) is 4.62. The molecule has 1 N–H and O–H groups in total. The topological polar surface area (TPSA) is 69.0 Å². The quantitative estimate of drug-likeness (QED) is 0.630. The molecule has 0 fully saturated rings. The van der Waals surface area contributed by atoms with Crippen molar-refractivity contribution in [2.75, 3.05) is 5.32 Å². The molecule has 1 aromatic heterocycles. The van der Waals surface area contributed by atoms with Crippen LogP contribution in [-0.2, 0) is 16.1 Å². The van der Waals surface area contributed by atoms with Crippen molar-refractivity contribution < 1.29 is 9.53 Å². The smallest absolute Gasteiger partial charge is 0.338 e. The maximum absolute atomic E-state index is 13.0. The first-order valence-electron chi connectivity index (χ1n) is 8.58. The van der Waals surface area contributed by atoms with Gasteiger partial charge in [0, 0.05) is 21.3 Å². The Morgan fingerprint density at radius 3 is 2.75 bits per heavy atom. The summed E-state index contributed by atoms with van der Waals surface area (Å²) in [5.41, 5.74) is 2.64. The molecule has 2 heterocycles. The second kappa shape index (κ2) is 7.66. The molecule has 1 unspecified atom stereocenters. The summed E-state index contributed by atoms with van der Waals surface area (Å²) in [6, 6.07) is 14.1. The van der Waals surface area contributed by atoms with Crippen LogP contribution in [0, 0.1) is 0 Å². The number of halogens is 2. The number of fused-ring (bicyclic) bond motifs is 1. The first kappa shape index (κ1) is 18.5. The van der Waals surface area contributed by atoms with Crippen LogP contribution in [0.1, 0.15) is 24.1 Å². The van der Waals surface area contributed by atoms with Crippen LogP contribution in [0.25, 0.3) is 0 Å². The van der Waals surface area contributed by atoms with Crippen molar-refractivity contribution in [1.29, 1.82) is 0 Å². The number of aromatic nitrogens is 3. The van der Waals surface area contributed by atoms with Gasteiger partial charge in [-0.1, -0.05) is 59.6 Å². The third kappa shape index (κ3) is 3.48. The van der Waals surface area contributed by atoms with E-state index in [1.165, 1.54) is 6.33 Å². The molecule has 28 heavy (non-hydrogen) atoms. The monoisotopic (exact) mass is 414 g/mol. The second-order valence-electron chi connectivity index (χ2n) is 6.32. The molecule has 142 valence electrons. The highest BCUT2D eigenvalue weighted by Crippen LogP contribution is 2.39. The van der Waals surface area contributed by atoms with Gasteiger partial charge in [-0.05, 0) is 24.6 Å². The molecule has 1 atom stereocenters. The van der Waals surface area contributed by atoms with Gasteiger partial charge in [0.15, 0.2) is 0 Å². The minimum absolute atomic E-state index is 0.168. The largest absolute Gasteiger partial charge is 0.457 e. The number of anilines is 1. The van der Waals surface area contributed by atoms with Crippen LogP contribution in [0.3, 0.4) is 0 Å². The Labute approximate surface area is 171 Å². The third-order valence-electron chi connectivity index (χ3n) is 4.48. The van der Waals surface area contributed by atoms with Gasteiger partial charge in [0.25, 0.3) is 0 Å². The van der Waals surface area contributed by atoms with Crippen molar-refractivity contribution in [1.82, 2.24) is 14.8 Å². The molecule has 1 aliphatic heterocycles. The molecule has 8 heteroatoms. The van der Waals surface area contributed by atoms with Crippen molar-refractivity contribution in [3.05, 3.63) is 87.3 Å². The van der Waals surface area contributed by atoms with Crippen molar-refractivity contribution in [2.24, 2.45) is 0 Å². The number of nitrogens with one attached hydrogen (secondary N) is 1. The minimum Gasteiger partial charge on any atom is -0.457 e. The number of allylic oxidation sites excluding steroid dienone is 1. The number of nitrogens with zero attached hydrogens (tertiary/aromatic N) is 3. The average Bonchev–Trinajstić information content (AvgIpc) is 3.14. The molecule has 0 saturated heterocycles. The number of hydrogen-bond acceptors (Lipinski definition) is 5. The first-order chi connectivity index (χ1) is 13.5. The SMILES string of the molecule is CC1=C(C(=O)OCc2ccccc2)C(c2ccc(Cl)cc2Cl)n2ncnc2N1. The van der Waals surface area contributed by atoms with Gasteiger partial charge < -0.3 is 10.1 Å². The highest BCUT2D eigenvalue weighted by Gasteiger charge is 2.35. The molecule has 1 aliphatic rings. The van der Waals surface area contributed by atoms with Gasteiger partial charge >= 0.3 is 5.97 Å². The van der Waals surface area contributed by atoms with Crippen LogP contribution < -0.4 is 5.32 Å². The molecule has 0 saturated carbocycles. The lowest BCUT2D eigenvalue weighted by Gasteiger charge is -2.28. The Bertz CT molecular complexity index is 1060. The Morgan fingerprint density at radius 1 is 1.21 bits per heavy atom. The van der Waals surface area contributed by atoms with Gasteiger partial charge in [-0.2, -0.15) is 10.1 Å². The fourth-order valence-electron chi connectivity index (χ4n) is 3.17. The Hall–Kier alpha value is -2.83. The van der Waals surface area contributed by atoms with Crippen LogP contribution in [0.5, 0.6) is 0 Å². The molecule has 3 aromatic rings. The Kier molecular flexibility index (Phi) is 5.07. The maximum atomic E-state index is 13.0. The summed E-state index contributed by atoms with van der Waals surface area (Å²) in [5.74, 6) is 0.0687. The number of carbonyl (C=O) groups is 1. The normalized spacial score (nSPS) is 15.8. The summed E-state index contributed by atoms with van der Waals surface area (Å²) in [6.07, 6.45) is 1.42. The fraction of sp³-hybridized carbons (Fsp3) is 0.150. The van der Waals surface area contributed by atoms with Crippen molar-refractivity contribution in [2.45, 2.75) is 19.6 Å². The molecular formula is C20H16Cl2N4O2. The summed E-state index contributed by atoms with van der Waals surface area (Å²) in [5, 5.41) is 8.31. The number of rotatable bonds is 4. The molecule has 0 bridgehead atoms. The van der Waals surface area contributed by atoms with E-state index in [1.54, 1.807) is 29.8 Å². The zero-order chi connectivity index (χ0) is 19.7. The van der Waals surface area contributed by atoms with E-state index in [1.807, 2.05) is 30.3 Å². The summed E-state index contributed by atoms with van der Waals surface area (Å²) in [6.45, 7) is 1.97. The maximum Gasteiger partial charge on any atom is 0.338 e. The van der Waals surface area contributed by atoms with E-state index in [9.17, 15) is 4.79 Å². The predicted molar refractivity (Wildman–Crippen MR) is 107 cm³/mol. The van der Waals surface area contributed by atoms with Crippen LogP contribution in [0.2, 0.25) is 10.0 Å². The van der Waals surface area contributed by atoms with Crippen LogP contribution in [-0.4, -0.2) is 20.7 Å². The van der Waals surface area contributed by atoms with Crippen LogP contribution in [0.4, 0.5) is 5.95 Å². The summed E-state index contributed by atoms with van der Waals surface area (Å²) >= 11 is 12.5. The summed E-state index contributed by atoms with van der Waals surface area (Å²) in [4.78, 5) is 17.2. The molecule has 0 amide bonds. The molecular weight excluding hydrogens is 399 g/mol. The minimum atomic E-state index is -0.577. The lowest BCUT2D eigenvalue weighted by atomic mass is 9.95. The van der Waals surface area contributed by atoms with Gasteiger partial charge in [-0.25, -0.2) is 9.48 Å². The molecule has 0 aliphatic carbocycles. The average molecular weight is 415 g/mol. The number of esters is 1. The Balaban J connectivity index is 1.71. The lowest BCUT2D eigenvalue weighted by Crippen LogP contribution is -2.29. The van der Waals surface area contributed by atoms with E-state index in [-0.39, 0.29) is 6.61 Å². The second-order valence-corrected chi connectivity index (χ2v) is 7.17. The highest BCUT2D eigenvalue weighted by molar-refractivity contribution is 6.35. The van der Waals surface area contributed by atoms with Crippen molar-refractivity contribution >= 4 is 35.1 Å². The first-order valence-corrected chi connectivity index (χ1v) is 9.33. The zero-order valence-electron chi connectivity index (χ0n) is 14.9. The van der Waals surface area contributed by atoms with Gasteiger partial charge in [0.2, 0.25) is 5.95 Å². The van der Waals surface area contributed by atoms with E-state index >= 15 is 0 Å². The van der Waals surface area contributed by atoms with Crippen LogP contribution in [0.15, 0.2) is 66.1 Å². The van der Waals surface area contributed by atoms with Crippen LogP contribution >= 0.6 is 23.2 Å². The molecule has 6 nitrogen and oxygen atoms in total. The zero-order valence-corrected chi connectivity index (χ0v) is 16.4. The molecule has 0 radical (unpaired) electrons. The third-order valence-corrected chi connectivity index (χ3v) is 5.05. The number of carbonyl (C=O) groups excluding carboxylic acids is 1. The van der Waals surface area contributed by atoms with Gasteiger partial charge in [0.1, 0.15) is 19.0 Å². The van der Waals surface area contributed by atoms with Crippen molar-refractivity contribution in [3.63, 3.8) is 0 Å². The van der Waals surface area contributed by atoms with E-state index in [4.69, 9.17) is 27.9 Å². The number of benzene rings is 2.